The van der Waals surface area contributed by atoms with E-state index in [-0.39, 0.29) is 29.3 Å². The molecule has 0 saturated carbocycles. The van der Waals surface area contributed by atoms with Gasteiger partial charge in [0.1, 0.15) is 6.04 Å². The number of hydrogen-bond donors (Lipinski definition) is 3. The van der Waals surface area contributed by atoms with E-state index in [9.17, 15) is 14.4 Å². The highest BCUT2D eigenvalue weighted by Crippen LogP contribution is 2.50. The minimum atomic E-state index is -0.622. The number of carbonyl (C=O) groups excluding carboxylic acids is 2. The fourth-order valence-electron chi connectivity index (χ4n) is 5.83. The third kappa shape index (κ3) is 6.64. The molecule has 1 saturated heterocycles. The summed E-state index contributed by atoms with van der Waals surface area (Å²) in [5.41, 5.74) is 3.12. The highest BCUT2D eigenvalue weighted by Gasteiger charge is 2.30. The molecule has 228 valence electrons. The Kier molecular flexibility index (Phi) is 10.3. The molecule has 1 heterocycles. The predicted octanol–water partition coefficient (Wildman–Crippen LogP) is 3.98. The zero-order chi connectivity index (χ0) is 30.4. The fraction of sp³-hybridized carbons (Fsp3) is 0.531. The minimum Gasteiger partial charge on any atom is -0.493 e. The summed E-state index contributed by atoms with van der Waals surface area (Å²) in [5, 5.41) is 9.29. The molecule has 3 N–H and O–H groups in total. The van der Waals surface area contributed by atoms with Crippen LogP contribution in [0.5, 0.6) is 17.2 Å². The summed E-state index contributed by atoms with van der Waals surface area (Å²) in [6.07, 6.45) is 3.84. The Morgan fingerprint density at radius 2 is 1.83 bits per heavy atom. The SMILES string of the molecule is CC[C@@H](C)[C@H](Nc1ccc2c(cc1=O)[C@@H](NC(C)=O)CCc1cc(OC)c(OC)c(OC)c1-2)C(=O)NC[C@@H]1CCCO1. The Bertz CT molecular complexity index is 1360. The number of nitrogens with one attached hydrogen (secondary N) is 3. The Hall–Kier alpha value is -3.79. The van der Waals surface area contributed by atoms with E-state index in [1.165, 1.54) is 6.92 Å². The third-order valence-corrected chi connectivity index (χ3v) is 8.25. The summed E-state index contributed by atoms with van der Waals surface area (Å²) < 4.78 is 22.8. The second kappa shape index (κ2) is 13.9. The van der Waals surface area contributed by atoms with Crippen LogP contribution in [0.2, 0.25) is 0 Å². The third-order valence-electron chi connectivity index (χ3n) is 8.25. The van der Waals surface area contributed by atoms with E-state index in [4.69, 9.17) is 18.9 Å². The molecule has 1 aliphatic carbocycles. The van der Waals surface area contributed by atoms with Crippen LogP contribution in [-0.2, 0) is 20.7 Å². The van der Waals surface area contributed by atoms with Crippen molar-refractivity contribution >= 4 is 17.5 Å². The topological polar surface area (TPSA) is 124 Å². The van der Waals surface area contributed by atoms with Crippen LogP contribution in [0.3, 0.4) is 0 Å². The summed E-state index contributed by atoms with van der Waals surface area (Å²) in [6, 6.07) is 5.99. The molecule has 10 nitrogen and oxygen atoms in total. The fourth-order valence-corrected chi connectivity index (χ4v) is 5.83. The van der Waals surface area contributed by atoms with Crippen molar-refractivity contribution < 1.29 is 28.5 Å². The molecule has 1 fully saturated rings. The lowest BCUT2D eigenvalue weighted by molar-refractivity contribution is -0.123. The highest BCUT2D eigenvalue weighted by molar-refractivity contribution is 5.86. The van der Waals surface area contributed by atoms with Gasteiger partial charge in [-0.1, -0.05) is 26.3 Å². The lowest BCUT2D eigenvalue weighted by Gasteiger charge is -2.24. The molecule has 4 rings (SSSR count). The largest absolute Gasteiger partial charge is 0.493 e. The number of hydrogen-bond acceptors (Lipinski definition) is 8. The normalized spacial score (nSPS) is 18.9. The molecule has 0 aromatic heterocycles. The molecule has 2 aromatic rings. The van der Waals surface area contributed by atoms with Crippen molar-refractivity contribution in [3.8, 4) is 28.4 Å². The first-order valence-electron chi connectivity index (χ1n) is 14.7. The average molecular weight is 582 g/mol. The molecule has 0 bridgehead atoms. The van der Waals surface area contributed by atoms with Crippen molar-refractivity contribution in [1.82, 2.24) is 10.6 Å². The van der Waals surface area contributed by atoms with Gasteiger partial charge in [0.05, 0.1) is 39.2 Å². The Balaban J connectivity index is 1.81. The second-order valence-corrected chi connectivity index (χ2v) is 11.0. The van der Waals surface area contributed by atoms with Crippen LogP contribution in [0, 0.1) is 5.92 Å². The number of aryl methyl sites for hydroxylation is 1. The molecule has 42 heavy (non-hydrogen) atoms. The average Bonchev–Trinajstić information content (AvgIpc) is 3.40. The van der Waals surface area contributed by atoms with Crippen molar-refractivity contribution in [2.24, 2.45) is 5.92 Å². The van der Waals surface area contributed by atoms with Crippen LogP contribution in [0.1, 0.15) is 63.6 Å². The first kappa shape index (κ1) is 31.2. The van der Waals surface area contributed by atoms with E-state index >= 15 is 0 Å². The van der Waals surface area contributed by atoms with Gasteiger partial charge in [-0.2, -0.15) is 0 Å². The number of methoxy groups -OCH3 is 3. The van der Waals surface area contributed by atoms with Gasteiger partial charge in [-0.05, 0) is 66.5 Å². The quantitative estimate of drug-likeness (QED) is 0.364. The zero-order valence-corrected chi connectivity index (χ0v) is 25.4. The predicted molar refractivity (Wildman–Crippen MR) is 162 cm³/mol. The van der Waals surface area contributed by atoms with Crippen LogP contribution in [0.25, 0.3) is 11.1 Å². The second-order valence-electron chi connectivity index (χ2n) is 11.0. The lowest BCUT2D eigenvalue weighted by Crippen LogP contribution is -2.46. The molecule has 2 aliphatic rings. The smallest absolute Gasteiger partial charge is 0.242 e. The number of ether oxygens (including phenoxy) is 4. The van der Waals surface area contributed by atoms with Gasteiger partial charge >= 0.3 is 0 Å². The number of rotatable bonds is 11. The molecule has 10 heteroatoms. The maximum atomic E-state index is 13.8. The van der Waals surface area contributed by atoms with E-state index in [2.05, 4.69) is 16.0 Å². The molecule has 0 spiro atoms. The molecular weight excluding hydrogens is 538 g/mol. The van der Waals surface area contributed by atoms with Gasteiger partial charge in [-0.15, -0.1) is 0 Å². The van der Waals surface area contributed by atoms with E-state index in [1.54, 1.807) is 33.5 Å². The number of carbonyl (C=O) groups is 2. The number of anilines is 1. The van der Waals surface area contributed by atoms with Crippen molar-refractivity contribution in [3.05, 3.63) is 45.6 Å². The van der Waals surface area contributed by atoms with E-state index in [0.29, 0.717) is 54.5 Å². The highest BCUT2D eigenvalue weighted by atomic mass is 16.5. The maximum Gasteiger partial charge on any atom is 0.242 e. The molecule has 1 aliphatic heterocycles. The van der Waals surface area contributed by atoms with Gasteiger partial charge in [0.15, 0.2) is 11.5 Å². The van der Waals surface area contributed by atoms with E-state index < -0.39 is 12.1 Å². The van der Waals surface area contributed by atoms with Gasteiger partial charge in [-0.3, -0.25) is 14.4 Å². The van der Waals surface area contributed by atoms with Crippen molar-refractivity contribution in [2.75, 3.05) is 39.8 Å². The molecule has 0 unspecified atom stereocenters. The lowest BCUT2D eigenvalue weighted by atomic mass is 9.95. The summed E-state index contributed by atoms with van der Waals surface area (Å²) >= 11 is 0. The molecule has 2 aromatic carbocycles. The van der Waals surface area contributed by atoms with Gasteiger partial charge in [0.25, 0.3) is 0 Å². The Labute approximate surface area is 247 Å². The standard InChI is InChI=1S/C32H43N3O7/c1-7-18(2)29(32(38)33-17-21-9-8-14-42-21)35-25-13-11-22-23(16-26(25)37)24(34-19(3)36)12-10-20-15-27(39-4)30(40-5)31(41-6)28(20)22/h11,13,15-16,18,21,24,29H,7-10,12,14,17H2,1-6H3,(H,33,38)(H,34,36)(H,35,37)/t18-,21+,24+,29+/m1/s1. The van der Waals surface area contributed by atoms with Crippen LogP contribution in [0.15, 0.2) is 29.1 Å². The van der Waals surface area contributed by atoms with Crippen LogP contribution in [-0.4, -0.2) is 58.4 Å². The Morgan fingerprint density at radius 1 is 1.07 bits per heavy atom. The number of benzene rings is 1. The first-order chi connectivity index (χ1) is 20.2. The zero-order valence-electron chi connectivity index (χ0n) is 25.4. The van der Waals surface area contributed by atoms with Gasteiger partial charge < -0.3 is 34.9 Å². The first-order valence-corrected chi connectivity index (χ1v) is 14.7. The van der Waals surface area contributed by atoms with E-state index in [1.807, 2.05) is 26.0 Å². The molecule has 2 amide bonds. The molecule has 4 atom stereocenters. The maximum absolute atomic E-state index is 13.8. The molecule has 0 radical (unpaired) electrons. The van der Waals surface area contributed by atoms with E-state index in [0.717, 1.165) is 36.0 Å². The van der Waals surface area contributed by atoms with Gasteiger partial charge in [0.2, 0.25) is 23.0 Å². The van der Waals surface area contributed by atoms with Crippen LogP contribution in [0.4, 0.5) is 5.69 Å². The summed E-state index contributed by atoms with van der Waals surface area (Å²) in [4.78, 5) is 39.3. The number of fused-ring (bicyclic) bond motifs is 3. The number of amides is 2. The molecular formula is C32H43N3O7. The van der Waals surface area contributed by atoms with Gasteiger partial charge in [0, 0.05) is 25.6 Å². The van der Waals surface area contributed by atoms with Gasteiger partial charge in [-0.25, -0.2) is 0 Å². The summed E-state index contributed by atoms with van der Waals surface area (Å²) in [5.74, 6) is 1.04. The van der Waals surface area contributed by atoms with Crippen molar-refractivity contribution in [3.63, 3.8) is 0 Å². The Morgan fingerprint density at radius 3 is 2.45 bits per heavy atom. The summed E-state index contributed by atoms with van der Waals surface area (Å²) in [6.45, 7) is 6.62. The minimum absolute atomic E-state index is 0.0168. The van der Waals surface area contributed by atoms with Crippen molar-refractivity contribution in [2.45, 2.75) is 71.1 Å². The van der Waals surface area contributed by atoms with Crippen molar-refractivity contribution in [1.29, 1.82) is 0 Å². The van der Waals surface area contributed by atoms with Crippen LogP contribution < -0.4 is 35.6 Å². The summed E-state index contributed by atoms with van der Waals surface area (Å²) in [7, 11) is 4.68. The van der Waals surface area contributed by atoms with Crippen LogP contribution >= 0.6 is 0 Å². The monoisotopic (exact) mass is 581 g/mol.